The van der Waals surface area contributed by atoms with Gasteiger partial charge in [-0.1, -0.05) is 42.0 Å². The van der Waals surface area contributed by atoms with Crippen LogP contribution in [-0.2, 0) is 27.1 Å². The second kappa shape index (κ2) is 10.8. The molecule has 2 N–H and O–H groups in total. The smallest absolute Gasteiger partial charge is 0.258 e. The first kappa shape index (κ1) is 23.3. The minimum absolute atomic E-state index is 0.150. The molecule has 3 aromatic rings. The van der Waals surface area contributed by atoms with Crippen molar-refractivity contribution in [3.05, 3.63) is 89.5 Å². The lowest BCUT2D eigenvalue weighted by molar-refractivity contribution is -0.123. The maximum absolute atomic E-state index is 12.2. The predicted molar refractivity (Wildman–Crippen MR) is 123 cm³/mol. The Balaban J connectivity index is 1.49. The zero-order valence-electron chi connectivity index (χ0n) is 18.0. The monoisotopic (exact) mass is 454 g/mol. The standard InChI is InChI=1S/C24H26N2O5S/c1-18-7-9-22(10-8-18)31-23-13-11-21(12-14-23)30-16-24(27)26-15-19-5-3-4-6-20(19)17-32(28,29)25-2/h3-14,25H,15-17H2,1-2H3,(H,26,27). The molecule has 8 heteroatoms. The first-order chi connectivity index (χ1) is 15.3. The van der Waals surface area contributed by atoms with E-state index in [1.807, 2.05) is 31.2 Å². The highest BCUT2D eigenvalue weighted by molar-refractivity contribution is 7.88. The van der Waals surface area contributed by atoms with Crippen molar-refractivity contribution >= 4 is 15.9 Å². The highest BCUT2D eigenvalue weighted by Crippen LogP contribution is 2.24. The summed E-state index contributed by atoms with van der Waals surface area (Å²) in [5.41, 5.74) is 2.52. The maximum atomic E-state index is 12.2. The molecule has 3 aromatic carbocycles. The molecule has 0 atom stereocenters. The van der Waals surface area contributed by atoms with Crippen LogP contribution in [0.2, 0.25) is 0 Å². The number of aryl methyl sites for hydroxylation is 1. The fraction of sp³-hybridized carbons (Fsp3) is 0.208. The van der Waals surface area contributed by atoms with Gasteiger partial charge in [0.15, 0.2) is 6.61 Å². The summed E-state index contributed by atoms with van der Waals surface area (Å²) in [6, 6.07) is 21.8. The molecule has 1 amide bonds. The minimum atomic E-state index is -3.40. The van der Waals surface area contributed by atoms with Crippen LogP contribution in [0.1, 0.15) is 16.7 Å². The number of hydrogen-bond donors (Lipinski definition) is 2. The van der Waals surface area contributed by atoms with Crippen molar-refractivity contribution in [2.75, 3.05) is 13.7 Å². The molecule has 0 aromatic heterocycles. The lowest BCUT2D eigenvalue weighted by atomic mass is 10.1. The van der Waals surface area contributed by atoms with Gasteiger partial charge >= 0.3 is 0 Å². The van der Waals surface area contributed by atoms with Gasteiger partial charge in [0.05, 0.1) is 5.75 Å². The van der Waals surface area contributed by atoms with Gasteiger partial charge in [0.1, 0.15) is 17.2 Å². The average molecular weight is 455 g/mol. The van der Waals surface area contributed by atoms with Crippen LogP contribution in [0.5, 0.6) is 17.2 Å². The van der Waals surface area contributed by atoms with Crippen LogP contribution < -0.4 is 19.5 Å². The zero-order valence-corrected chi connectivity index (χ0v) is 18.8. The minimum Gasteiger partial charge on any atom is -0.484 e. The molecule has 0 saturated heterocycles. The van der Waals surface area contributed by atoms with Crippen molar-refractivity contribution < 1.29 is 22.7 Å². The number of ether oxygens (including phenoxy) is 2. The Hall–Kier alpha value is -3.36. The molecule has 0 bridgehead atoms. The van der Waals surface area contributed by atoms with E-state index in [2.05, 4.69) is 10.0 Å². The lowest BCUT2D eigenvalue weighted by Crippen LogP contribution is -2.29. The quantitative estimate of drug-likeness (QED) is 0.489. The van der Waals surface area contributed by atoms with Gasteiger partial charge in [-0.05, 0) is 61.5 Å². The molecule has 0 aliphatic rings. The molecule has 0 saturated carbocycles. The largest absolute Gasteiger partial charge is 0.484 e. The summed E-state index contributed by atoms with van der Waals surface area (Å²) in [6.45, 7) is 2.06. The van der Waals surface area contributed by atoms with Gasteiger partial charge in [-0.3, -0.25) is 4.79 Å². The Labute approximate surface area is 188 Å². The second-order valence-electron chi connectivity index (χ2n) is 7.18. The van der Waals surface area contributed by atoms with Crippen LogP contribution >= 0.6 is 0 Å². The molecule has 0 radical (unpaired) electrons. The zero-order chi connectivity index (χ0) is 23.0. The van der Waals surface area contributed by atoms with E-state index in [1.165, 1.54) is 7.05 Å². The molecule has 3 rings (SSSR count). The normalized spacial score (nSPS) is 11.1. The third-order valence-electron chi connectivity index (χ3n) is 4.70. The van der Waals surface area contributed by atoms with E-state index in [0.29, 0.717) is 17.1 Å². The number of sulfonamides is 1. The summed E-state index contributed by atoms with van der Waals surface area (Å²) in [5.74, 6) is 1.49. The summed E-state index contributed by atoms with van der Waals surface area (Å²) in [6.07, 6.45) is 0. The molecule has 0 aliphatic heterocycles. The predicted octanol–water partition coefficient (Wildman–Crippen LogP) is 3.53. The topological polar surface area (TPSA) is 93.7 Å². The lowest BCUT2D eigenvalue weighted by Gasteiger charge is -2.12. The van der Waals surface area contributed by atoms with Crippen molar-refractivity contribution in [2.24, 2.45) is 0 Å². The number of nitrogens with one attached hydrogen (secondary N) is 2. The van der Waals surface area contributed by atoms with Gasteiger partial charge in [0.25, 0.3) is 5.91 Å². The van der Waals surface area contributed by atoms with Gasteiger partial charge in [0.2, 0.25) is 10.0 Å². The summed E-state index contributed by atoms with van der Waals surface area (Å²) in [7, 11) is -2.03. The van der Waals surface area contributed by atoms with E-state index in [4.69, 9.17) is 9.47 Å². The molecule has 7 nitrogen and oxygen atoms in total. The van der Waals surface area contributed by atoms with E-state index in [1.54, 1.807) is 48.5 Å². The van der Waals surface area contributed by atoms with Gasteiger partial charge in [0, 0.05) is 6.54 Å². The van der Waals surface area contributed by atoms with Crippen LogP contribution in [0.4, 0.5) is 0 Å². The molecule has 0 unspecified atom stereocenters. The Bertz CT molecular complexity index is 1140. The number of carbonyl (C=O) groups is 1. The SMILES string of the molecule is CNS(=O)(=O)Cc1ccccc1CNC(=O)COc1ccc(Oc2ccc(C)cc2)cc1. The number of amides is 1. The molecular formula is C24H26N2O5S. The molecule has 168 valence electrons. The van der Waals surface area contributed by atoms with Gasteiger partial charge in [-0.15, -0.1) is 0 Å². The van der Waals surface area contributed by atoms with Crippen LogP contribution in [0, 0.1) is 6.92 Å². The summed E-state index contributed by atoms with van der Waals surface area (Å²) in [5, 5.41) is 2.76. The Morgan fingerprint density at radius 2 is 1.41 bits per heavy atom. The van der Waals surface area contributed by atoms with E-state index < -0.39 is 10.0 Å². The molecule has 0 spiro atoms. The van der Waals surface area contributed by atoms with Crippen molar-refractivity contribution in [1.82, 2.24) is 10.0 Å². The molecule has 0 fully saturated rings. The Kier molecular flexibility index (Phi) is 7.86. The molecule has 32 heavy (non-hydrogen) atoms. The summed E-state index contributed by atoms with van der Waals surface area (Å²) >= 11 is 0. The van der Waals surface area contributed by atoms with Crippen LogP contribution in [-0.4, -0.2) is 28.0 Å². The first-order valence-corrected chi connectivity index (χ1v) is 11.7. The van der Waals surface area contributed by atoms with Crippen LogP contribution in [0.3, 0.4) is 0 Å². The van der Waals surface area contributed by atoms with Gasteiger partial charge in [-0.2, -0.15) is 0 Å². The number of hydrogen-bond acceptors (Lipinski definition) is 5. The number of benzene rings is 3. The van der Waals surface area contributed by atoms with E-state index in [-0.39, 0.29) is 24.8 Å². The first-order valence-electron chi connectivity index (χ1n) is 10.1. The fourth-order valence-electron chi connectivity index (χ4n) is 2.89. The van der Waals surface area contributed by atoms with Gasteiger partial charge in [-0.25, -0.2) is 13.1 Å². The van der Waals surface area contributed by atoms with Crippen molar-refractivity contribution in [3.8, 4) is 17.2 Å². The van der Waals surface area contributed by atoms with Crippen molar-refractivity contribution in [2.45, 2.75) is 19.2 Å². The fourth-order valence-corrected chi connectivity index (χ4v) is 3.72. The summed E-state index contributed by atoms with van der Waals surface area (Å²) in [4.78, 5) is 12.2. The van der Waals surface area contributed by atoms with Crippen LogP contribution in [0.25, 0.3) is 0 Å². The molecule has 0 aliphatic carbocycles. The van der Waals surface area contributed by atoms with E-state index in [0.717, 1.165) is 16.9 Å². The average Bonchev–Trinajstić information content (AvgIpc) is 2.79. The van der Waals surface area contributed by atoms with Gasteiger partial charge < -0.3 is 14.8 Å². The van der Waals surface area contributed by atoms with Crippen molar-refractivity contribution in [3.63, 3.8) is 0 Å². The summed E-state index contributed by atoms with van der Waals surface area (Å²) < 4.78 is 37.3. The number of carbonyl (C=O) groups excluding carboxylic acids is 1. The Morgan fingerprint density at radius 3 is 2.03 bits per heavy atom. The molecular weight excluding hydrogens is 428 g/mol. The van der Waals surface area contributed by atoms with Crippen molar-refractivity contribution in [1.29, 1.82) is 0 Å². The number of rotatable bonds is 10. The third kappa shape index (κ3) is 7.11. The Morgan fingerprint density at radius 1 is 0.844 bits per heavy atom. The highest BCUT2D eigenvalue weighted by Gasteiger charge is 2.12. The van der Waals surface area contributed by atoms with E-state index >= 15 is 0 Å². The highest BCUT2D eigenvalue weighted by atomic mass is 32.2. The third-order valence-corrected chi connectivity index (χ3v) is 6.01. The second-order valence-corrected chi connectivity index (χ2v) is 9.11. The molecule has 0 heterocycles. The van der Waals surface area contributed by atoms with Crippen LogP contribution in [0.15, 0.2) is 72.8 Å². The maximum Gasteiger partial charge on any atom is 0.258 e. The van der Waals surface area contributed by atoms with E-state index in [9.17, 15) is 13.2 Å².